The fourth-order valence-electron chi connectivity index (χ4n) is 3.83. The van der Waals surface area contributed by atoms with Gasteiger partial charge in [-0.3, -0.25) is 14.4 Å². The number of imide groups is 1. The Morgan fingerprint density at radius 2 is 1.53 bits per heavy atom. The van der Waals surface area contributed by atoms with Crippen molar-refractivity contribution in [2.45, 2.75) is 20.0 Å². The van der Waals surface area contributed by atoms with Crippen molar-refractivity contribution in [1.82, 2.24) is 10.2 Å². The molecular weight excluding hydrogens is 402 g/mol. The van der Waals surface area contributed by atoms with Gasteiger partial charge in [0.1, 0.15) is 0 Å². The maximum Gasteiger partial charge on any atom is 0.266 e. The quantitative estimate of drug-likeness (QED) is 0.608. The first-order valence-corrected chi connectivity index (χ1v) is 10.4. The van der Waals surface area contributed by atoms with E-state index >= 15 is 0 Å². The number of amides is 3. The Labute approximate surface area is 187 Å². The van der Waals surface area contributed by atoms with Gasteiger partial charge < -0.3 is 10.2 Å². The van der Waals surface area contributed by atoms with Crippen LogP contribution in [-0.4, -0.2) is 36.7 Å². The number of carbonyl (C=O) groups excluding carboxylic acids is 3. The molecule has 162 valence electrons. The van der Waals surface area contributed by atoms with Gasteiger partial charge in [-0.25, -0.2) is 4.90 Å². The Bertz CT molecular complexity index is 1200. The number of hydrogen-bond donors (Lipinski definition) is 1. The van der Waals surface area contributed by atoms with Gasteiger partial charge in [-0.2, -0.15) is 0 Å². The molecule has 4 rings (SSSR count). The van der Waals surface area contributed by atoms with Crippen molar-refractivity contribution in [3.63, 3.8) is 0 Å². The summed E-state index contributed by atoms with van der Waals surface area (Å²) in [6, 6.07) is 20.0. The van der Waals surface area contributed by atoms with Crippen molar-refractivity contribution in [2.24, 2.45) is 0 Å². The zero-order valence-electron chi connectivity index (χ0n) is 18.4. The lowest BCUT2D eigenvalue weighted by molar-refractivity contribution is 0.0923. The Morgan fingerprint density at radius 1 is 0.875 bits per heavy atom. The molecule has 3 aromatic rings. The SMILES string of the molecule is Cc1ccccc1N1C(=O)c2ccc(C(=O)NCc3ccc(CN(C)C)cc3)cc2C1=O. The number of anilines is 1. The minimum absolute atomic E-state index is 0.249. The summed E-state index contributed by atoms with van der Waals surface area (Å²) in [7, 11) is 4.03. The summed E-state index contributed by atoms with van der Waals surface area (Å²) in [5.41, 5.74) is 4.48. The molecule has 0 saturated heterocycles. The van der Waals surface area contributed by atoms with Crippen LogP contribution in [0.15, 0.2) is 66.7 Å². The number of nitrogens with one attached hydrogen (secondary N) is 1. The molecule has 0 bridgehead atoms. The van der Waals surface area contributed by atoms with Crippen LogP contribution in [0, 0.1) is 6.92 Å². The van der Waals surface area contributed by atoms with Gasteiger partial charge >= 0.3 is 0 Å². The molecule has 6 nitrogen and oxygen atoms in total. The Balaban J connectivity index is 1.48. The number of rotatable bonds is 6. The number of hydrogen-bond acceptors (Lipinski definition) is 4. The summed E-state index contributed by atoms with van der Waals surface area (Å²) >= 11 is 0. The van der Waals surface area contributed by atoms with E-state index in [0.29, 0.717) is 23.4 Å². The molecule has 3 aromatic carbocycles. The number of para-hydroxylation sites is 1. The normalized spacial score (nSPS) is 12.9. The predicted molar refractivity (Wildman–Crippen MR) is 124 cm³/mol. The van der Waals surface area contributed by atoms with Crippen molar-refractivity contribution in [1.29, 1.82) is 0 Å². The van der Waals surface area contributed by atoms with E-state index < -0.39 is 5.91 Å². The number of benzene rings is 3. The van der Waals surface area contributed by atoms with Crippen LogP contribution in [0.25, 0.3) is 0 Å². The Hall–Kier alpha value is -3.77. The topological polar surface area (TPSA) is 69.7 Å². The fraction of sp³-hybridized carbons (Fsp3) is 0.192. The zero-order valence-corrected chi connectivity index (χ0v) is 18.4. The highest BCUT2D eigenvalue weighted by Crippen LogP contribution is 2.31. The van der Waals surface area contributed by atoms with Gasteiger partial charge in [0.2, 0.25) is 0 Å². The van der Waals surface area contributed by atoms with Gasteiger partial charge in [0, 0.05) is 18.7 Å². The highest BCUT2D eigenvalue weighted by atomic mass is 16.2. The average molecular weight is 428 g/mol. The molecule has 0 radical (unpaired) electrons. The molecule has 1 aliphatic rings. The van der Waals surface area contributed by atoms with Crippen molar-refractivity contribution in [3.05, 3.63) is 100 Å². The second-order valence-corrected chi connectivity index (χ2v) is 8.23. The van der Waals surface area contributed by atoms with E-state index in [1.165, 1.54) is 16.5 Å². The van der Waals surface area contributed by atoms with Gasteiger partial charge in [-0.1, -0.05) is 42.5 Å². The lowest BCUT2D eigenvalue weighted by Crippen LogP contribution is -2.30. The molecule has 0 aliphatic carbocycles. The first kappa shape index (κ1) is 21.5. The molecule has 1 N–H and O–H groups in total. The molecule has 1 heterocycles. The molecular formula is C26H25N3O3. The molecule has 0 spiro atoms. The molecule has 6 heteroatoms. The first-order chi connectivity index (χ1) is 15.3. The summed E-state index contributed by atoms with van der Waals surface area (Å²) < 4.78 is 0. The van der Waals surface area contributed by atoms with Crippen LogP contribution in [0.2, 0.25) is 0 Å². The van der Waals surface area contributed by atoms with Gasteiger partial charge in [0.15, 0.2) is 0 Å². The lowest BCUT2D eigenvalue weighted by Gasteiger charge is -2.16. The van der Waals surface area contributed by atoms with Crippen molar-refractivity contribution < 1.29 is 14.4 Å². The summed E-state index contributed by atoms with van der Waals surface area (Å²) in [5, 5.41) is 2.89. The standard InChI is InChI=1S/C26H25N3O3/c1-17-6-4-5-7-23(17)29-25(31)21-13-12-20(14-22(21)26(29)32)24(30)27-15-18-8-10-19(11-9-18)16-28(2)3/h4-14H,15-16H2,1-3H3,(H,27,30). The van der Waals surface area contributed by atoms with Crippen LogP contribution in [0.3, 0.4) is 0 Å². The van der Waals surface area contributed by atoms with Crippen LogP contribution in [0.5, 0.6) is 0 Å². The molecule has 0 aromatic heterocycles. The summed E-state index contributed by atoms with van der Waals surface area (Å²) in [6.45, 7) is 3.08. The highest BCUT2D eigenvalue weighted by molar-refractivity contribution is 6.35. The summed E-state index contributed by atoms with van der Waals surface area (Å²) in [4.78, 5) is 41.8. The summed E-state index contributed by atoms with van der Waals surface area (Å²) in [5.74, 6) is -1.07. The van der Waals surface area contributed by atoms with E-state index in [1.54, 1.807) is 24.3 Å². The van der Waals surface area contributed by atoms with Gasteiger partial charge in [0.25, 0.3) is 17.7 Å². The number of carbonyl (C=O) groups is 3. The van der Waals surface area contributed by atoms with Crippen molar-refractivity contribution in [3.8, 4) is 0 Å². The third kappa shape index (κ3) is 4.18. The smallest absolute Gasteiger partial charge is 0.266 e. The van der Waals surface area contributed by atoms with Crippen LogP contribution < -0.4 is 10.2 Å². The van der Waals surface area contributed by atoms with Crippen LogP contribution in [0.4, 0.5) is 5.69 Å². The summed E-state index contributed by atoms with van der Waals surface area (Å²) in [6.07, 6.45) is 0. The third-order valence-electron chi connectivity index (χ3n) is 5.48. The number of aryl methyl sites for hydroxylation is 1. The second kappa shape index (κ2) is 8.77. The van der Waals surface area contributed by atoms with E-state index in [1.807, 2.05) is 57.4 Å². The maximum absolute atomic E-state index is 13.0. The molecule has 3 amide bonds. The van der Waals surface area contributed by atoms with Gasteiger partial charge in [0.05, 0.1) is 16.8 Å². The van der Waals surface area contributed by atoms with E-state index in [-0.39, 0.29) is 17.4 Å². The lowest BCUT2D eigenvalue weighted by atomic mass is 10.1. The zero-order chi connectivity index (χ0) is 22.8. The Kier molecular flexibility index (Phi) is 5.88. The average Bonchev–Trinajstić information content (AvgIpc) is 3.02. The molecule has 0 unspecified atom stereocenters. The fourth-order valence-corrected chi connectivity index (χ4v) is 3.83. The van der Waals surface area contributed by atoms with E-state index in [4.69, 9.17) is 0 Å². The minimum atomic E-state index is -0.412. The maximum atomic E-state index is 13.0. The van der Waals surface area contributed by atoms with E-state index in [2.05, 4.69) is 10.2 Å². The monoisotopic (exact) mass is 427 g/mol. The third-order valence-corrected chi connectivity index (χ3v) is 5.48. The molecule has 0 saturated carbocycles. The highest BCUT2D eigenvalue weighted by Gasteiger charge is 2.37. The molecule has 32 heavy (non-hydrogen) atoms. The minimum Gasteiger partial charge on any atom is -0.348 e. The largest absolute Gasteiger partial charge is 0.348 e. The molecule has 0 fully saturated rings. The van der Waals surface area contributed by atoms with Gasteiger partial charge in [-0.05, 0) is 62.0 Å². The second-order valence-electron chi connectivity index (χ2n) is 8.23. The van der Waals surface area contributed by atoms with Crippen molar-refractivity contribution in [2.75, 3.05) is 19.0 Å². The Morgan fingerprint density at radius 3 is 2.22 bits per heavy atom. The number of fused-ring (bicyclic) bond motifs is 1. The first-order valence-electron chi connectivity index (χ1n) is 10.4. The van der Waals surface area contributed by atoms with Gasteiger partial charge in [-0.15, -0.1) is 0 Å². The van der Waals surface area contributed by atoms with Crippen LogP contribution in [0.1, 0.15) is 47.8 Å². The molecule has 0 atom stereocenters. The van der Waals surface area contributed by atoms with Crippen LogP contribution >= 0.6 is 0 Å². The predicted octanol–water partition coefficient (Wildman–Crippen LogP) is 3.79. The van der Waals surface area contributed by atoms with E-state index in [0.717, 1.165) is 17.7 Å². The number of nitrogens with zero attached hydrogens (tertiary/aromatic N) is 2. The molecule has 1 aliphatic heterocycles. The van der Waals surface area contributed by atoms with Crippen molar-refractivity contribution >= 4 is 23.4 Å². The van der Waals surface area contributed by atoms with E-state index in [9.17, 15) is 14.4 Å². The van der Waals surface area contributed by atoms with Crippen LogP contribution in [-0.2, 0) is 13.1 Å².